The molecule has 16 heavy (non-hydrogen) atoms. The maximum Gasteiger partial charge on any atom is 0.143 e. The van der Waals surface area contributed by atoms with Crippen molar-refractivity contribution >= 4 is 17.3 Å². The van der Waals surface area contributed by atoms with Gasteiger partial charge in [0.05, 0.1) is 24.9 Å². The van der Waals surface area contributed by atoms with Gasteiger partial charge in [0.15, 0.2) is 0 Å². The molecule has 1 saturated carbocycles. The first-order chi connectivity index (χ1) is 7.74. The third-order valence-corrected chi connectivity index (χ3v) is 3.23. The van der Waals surface area contributed by atoms with Crippen LogP contribution < -0.4 is 14.8 Å². The first-order valence-electron chi connectivity index (χ1n) is 5.42. The van der Waals surface area contributed by atoms with Gasteiger partial charge in [-0.1, -0.05) is 11.6 Å². The van der Waals surface area contributed by atoms with E-state index >= 15 is 0 Å². The molecule has 0 spiro atoms. The summed E-state index contributed by atoms with van der Waals surface area (Å²) in [6.45, 7) is 0. The van der Waals surface area contributed by atoms with Crippen LogP contribution in [0, 0.1) is 0 Å². The quantitative estimate of drug-likeness (QED) is 0.877. The summed E-state index contributed by atoms with van der Waals surface area (Å²) in [5, 5.41) is 4.00. The van der Waals surface area contributed by atoms with Crippen molar-refractivity contribution in [1.29, 1.82) is 0 Å². The average molecular weight is 242 g/mol. The van der Waals surface area contributed by atoms with Crippen LogP contribution in [0.15, 0.2) is 12.1 Å². The van der Waals surface area contributed by atoms with Crippen molar-refractivity contribution in [2.45, 2.75) is 25.3 Å². The Labute approximate surface area is 101 Å². The molecule has 4 heteroatoms. The Kier molecular flexibility index (Phi) is 3.44. The second-order valence-electron chi connectivity index (χ2n) is 3.96. The van der Waals surface area contributed by atoms with E-state index in [-0.39, 0.29) is 0 Å². The van der Waals surface area contributed by atoms with Gasteiger partial charge < -0.3 is 14.8 Å². The highest BCUT2D eigenvalue weighted by atomic mass is 35.5. The lowest BCUT2D eigenvalue weighted by atomic mass is 9.93. The van der Waals surface area contributed by atoms with Crippen LogP contribution in [0.25, 0.3) is 0 Å². The number of methoxy groups -OCH3 is 2. The summed E-state index contributed by atoms with van der Waals surface area (Å²) in [4.78, 5) is 0. The van der Waals surface area contributed by atoms with Gasteiger partial charge >= 0.3 is 0 Å². The number of hydrogen-bond acceptors (Lipinski definition) is 3. The maximum absolute atomic E-state index is 6.03. The van der Waals surface area contributed by atoms with Gasteiger partial charge in [0, 0.05) is 18.2 Å². The summed E-state index contributed by atoms with van der Waals surface area (Å²) in [6.07, 6.45) is 3.73. The number of benzene rings is 1. The smallest absolute Gasteiger partial charge is 0.143 e. The molecule has 2 rings (SSSR count). The molecule has 1 aliphatic rings. The third kappa shape index (κ3) is 2.19. The first kappa shape index (κ1) is 11.4. The molecule has 0 radical (unpaired) electrons. The second-order valence-corrected chi connectivity index (χ2v) is 4.37. The highest BCUT2D eigenvalue weighted by Crippen LogP contribution is 2.37. The first-order valence-corrected chi connectivity index (χ1v) is 5.80. The number of anilines is 1. The topological polar surface area (TPSA) is 30.5 Å². The summed E-state index contributed by atoms with van der Waals surface area (Å²) in [6, 6.07) is 4.22. The predicted molar refractivity (Wildman–Crippen MR) is 65.8 cm³/mol. The fraction of sp³-hybridized carbons (Fsp3) is 0.500. The van der Waals surface area contributed by atoms with Crippen molar-refractivity contribution in [3.63, 3.8) is 0 Å². The minimum atomic E-state index is 0.555. The van der Waals surface area contributed by atoms with Crippen molar-refractivity contribution in [2.75, 3.05) is 19.5 Å². The Morgan fingerprint density at radius 1 is 1.19 bits per heavy atom. The fourth-order valence-corrected chi connectivity index (χ4v) is 1.98. The van der Waals surface area contributed by atoms with Crippen LogP contribution in [-0.4, -0.2) is 20.3 Å². The molecule has 88 valence electrons. The molecule has 1 aromatic carbocycles. The average Bonchev–Trinajstić information content (AvgIpc) is 2.24. The number of nitrogens with one attached hydrogen (secondary N) is 1. The highest BCUT2D eigenvalue weighted by Gasteiger charge is 2.19. The zero-order valence-corrected chi connectivity index (χ0v) is 10.3. The molecule has 0 saturated heterocycles. The molecule has 0 atom stereocenters. The van der Waals surface area contributed by atoms with Crippen LogP contribution in [0.2, 0.25) is 5.02 Å². The second kappa shape index (κ2) is 4.83. The Morgan fingerprint density at radius 2 is 1.88 bits per heavy atom. The number of halogens is 1. The maximum atomic E-state index is 6.03. The van der Waals surface area contributed by atoms with Gasteiger partial charge in [-0.15, -0.1) is 0 Å². The Hall–Kier alpha value is -1.09. The molecular formula is C12H16ClNO2. The highest BCUT2D eigenvalue weighted by molar-refractivity contribution is 6.32. The Morgan fingerprint density at radius 3 is 2.38 bits per heavy atom. The normalized spacial score (nSPS) is 15.4. The van der Waals surface area contributed by atoms with E-state index in [4.69, 9.17) is 21.1 Å². The van der Waals surface area contributed by atoms with Crippen molar-refractivity contribution in [3.8, 4) is 11.5 Å². The predicted octanol–water partition coefficient (Wildman–Crippen LogP) is 3.32. The molecule has 0 aliphatic heterocycles. The van der Waals surface area contributed by atoms with E-state index in [1.165, 1.54) is 19.3 Å². The molecule has 1 fully saturated rings. The minimum Gasteiger partial charge on any atom is -0.495 e. The third-order valence-electron chi connectivity index (χ3n) is 2.94. The number of hydrogen-bond donors (Lipinski definition) is 1. The van der Waals surface area contributed by atoms with Gasteiger partial charge in [-0.05, 0) is 19.3 Å². The summed E-state index contributed by atoms with van der Waals surface area (Å²) in [5.41, 5.74) is 0.952. The molecule has 1 aromatic rings. The van der Waals surface area contributed by atoms with Crippen molar-refractivity contribution in [3.05, 3.63) is 17.2 Å². The van der Waals surface area contributed by atoms with Gasteiger partial charge in [-0.3, -0.25) is 0 Å². The van der Waals surface area contributed by atoms with Gasteiger partial charge in [0.1, 0.15) is 11.5 Å². The summed E-state index contributed by atoms with van der Waals surface area (Å²) >= 11 is 6.03. The zero-order valence-electron chi connectivity index (χ0n) is 9.55. The van der Waals surface area contributed by atoms with E-state index in [9.17, 15) is 0 Å². The standard InChI is InChI=1S/C12H16ClNO2/c1-15-11-7-10(14-8-4-3-5-8)12(16-2)6-9(11)13/h6-8,14H,3-5H2,1-2H3. The Bertz CT molecular complexity index is 378. The van der Waals surface area contributed by atoms with Crippen LogP contribution in [0.4, 0.5) is 5.69 Å². The van der Waals surface area contributed by atoms with Gasteiger partial charge in [0.2, 0.25) is 0 Å². The molecule has 1 aliphatic carbocycles. The minimum absolute atomic E-state index is 0.555. The van der Waals surface area contributed by atoms with Crippen LogP contribution in [0.1, 0.15) is 19.3 Å². The molecule has 0 heterocycles. The van der Waals surface area contributed by atoms with Crippen molar-refractivity contribution in [2.24, 2.45) is 0 Å². The monoisotopic (exact) mass is 241 g/mol. The lowest BCUT2D eigenvalue weighted by Crippen LogP contribution is -2.27. The van der Waals surface area contributed by atoms with E-state index in [0.29, 0.717) is 16.8 Å². The molecule has 1 N–H and O–H groups in total. The molecule has 0 unspecified atom stereocenters. The van der Waals surface area contributed by atoms with E-state index in [1.807, 2.05) is 6.07 Å². The summed E-state index contributed by atoms with van der Waals surface area (Å²) in [7, 11) is 3.25. The molecule has 0 bridgehead atoms. The largest absolute Gasteiger partial charge is 0.495 e. The lowest BCUT2D eigenvalue weighted by molar-refractivity contribution is 0.400. The Balaban J connectivity index is 2.25. The summed E-state index contributed by atoms with van der Waals surface area (Å²) in [5.74, 6) is 1.43. The van der Waals surface area contributed by atoms with E-state index in [1.54, 1.807) is 20.3 Å². The zero-order chi connectivity index (χ0) is 11.5. The number of rotatable bonds is 4. The van der Waals surface area contributed by atoms with E-state index < -0.39 is 0 Å². The van der Waals surface area contributed by atoms with E-state index in [2.05, 4.69) is 5.32 Å². The van der Waals surface area contributed by atoms with E-state index in [0.717, 1.165) is 11.4 Å². The SMILES string of the molecule is COc1cc(NC2CCC2)c(OC)cc1Cl. The van der Waals surface area contributed by atoms with Crippen molar-refractivity contribution < 1.29 is 9.47 Å². The van der Waals surface area contributed by atoms with Gasteiger partial charge in [-0.25, -0.2) is 0 Å². The van der Waals surface area contributed by atoms with Gasteiger partial charge in [-0.2, -0.15) is 0 Å². The fourth-order valence-electron chi connectivity index (χ4n) is 1.75. The molecular weight excluding hydrogens is 226 g/mol. The lowest BCUT2D eigenvalue weighted by Gasteiger charge is -2.28. The van der Waals surface area contributed by atoms with Crippen LogP contribution in [0.3, 0.4) is 0 Å². The van der Waals surface area contributed by atoms with Crippen LogP contribution >= 0.6 is 11.6 Å². The number of ether oxygens (including phenoxy) is 2. The summed E-state index contributed by atoms with van der Waals surface area (Å²) < 4.78 is 10.5. The molecule has 0 amide bonds. The van der Waals surface area contributed by atoms with Crippen LogP contribution in [-0.2, 0) is 0 Å². The van der Waals surface area contributed by atoms with Crippen LogP contribution in [0.5, 0.6) is 11.5 Å². The van der Waals surface area contributed by atoms with Crippen molar-refractivity contribution in [1.82, 2.24) is 0 Å². The molecule has 0 aromatic heterocycles. The van der Waals surface area contributed by atoms with Gasteiger partial charge in [0.25, 0.3) is 0 Å². The molecule has 3 nitrogen and oxygen atoms in total.